The van der Waals surface area contributed by atoms with Crippen LogP contribution in [0.1, 0.15) is 17.8 Å². The molecule has 0 atom stereocenters. The van der Waals surface area contributed by atoms with Crippen LogP contribution in [0, 0.1) is 6.92 Å². The zero-order valence-corrected chi connectivity index (χ0v) is 10.8. The van der Waals surface area contributed by atoms with E-state index in [1.807, 2.05) is 18.7 Å². The van der Waals surface area contributed by atoms with E-state index in [0.717, 1.165) is 41.3 Å². The van der Waals surface area contributed by atoms with E-state index in [1.54, 1.807) is 0 Å². The van der Waals surface area contributed by atoms with Crippen molar-refractivity contribution in [3.63, 3.8) is 0 Å². The van der Waals surface area contributed by atoms with Crippen molar-refractivity contribution in [1.82, 2.24) is 15.1 Å². The van der Waals surface area contributed by atoms with Crippen molar-refractivity contribution in [3.05, 3.63) is 16.4 Å². The van der Waals surface area contributed by atoms with E-state index in [9.17, 15) is 0 Å². The second-order valence-electron chi connectivity index (χ2n) is 3.19. The van der Waals surface area contributed by atoms with Crippen LogP contribution in [0.15, 0.2) is 0 Å². The molecule has 0 aromatic carbocycles. The highest BCUT2D eigenvalue weighted by Crippen LogP contribution is 2.18. The Hall–Kier alpha value is -0.0600. The summed E-state index contributed by atoms with van der Waals surface area (Å²) in [4.78, 5) is 0. The van der Waals surface area contributed by atoms with Gasteiger partial charge in [-0.05, 0) is 19.9 Å². The van der Waals surface area contributed by atoms with Crippen molar-refractivity contribution in [2.75, 3.05) is 11.9 Å². The first kappa shape index (κ1) is 12.0. The van der Waals surface area contributed by atoms with Crippen molar-refractivity contribution >= 4 is 27.5 Å². The van der Waals surface area contributed by atoms with Gasteiger partial charge in [-0.15, -0.1) is 0 Å². The van der Waals surface area contributed by atoms with Crippen LogP contribution in [0.5, 0.6) is 0 Å². The molecule has 80 valence electrons. The first-order valence-electron chi connectivity index (χ1n) is 4.61. The van der Waals surface area contributed by atoms with Gasteiger partial charge in [0.2, 0.25) is 0 Å². The Labute approximate surface area is 97.9 Å². The maximum Gasteiger partial charge on any atom is 0.0860 e. The van der Waals surface area contributed by atoms with Gasteiger partial charge in [0.15, 0.2) is 0 Å². The Morgan fingerprint density at radius 1 is 1.57 bits per heavy atom. The van der Waals surface area contributed by atoms with Gasteiger partial charge in [-0.3, -0.25) is 4.68 Å². The average molecular weight is 281 g/mol. The van der Waals surface area contributed by atoms with Gasteiger partial charge in [-0.25, -0.2) is 0 Å². The fourth-order valence-electron chi connectivity index (χ4n) is 1.27. The Bertz CT molecular complexity index is 298. The fourth-order valence-corrected chi connectivity index (χ4v) is 1.78. The standard InChI is InChI=1S/C9H15BrClN3/c1-7-9(11)8(14(2)13-7)6-12-5-3-4-10/h12H,3-6H2,1-2H3. The maximum atomic E-state index is 6.09. The minimum atomic E-state index is 0.777. The summed E-state index contributed by atoms with van der Waals surface area (Å²) in [6, 6.07) is 0. The number of halogens is 2. The highest BCUT2D eigenvalue weighted by atomic mass is 79.9. The molecule has 0 radical (unpaired) electrons. The van der Waals surface area contributed by atoms with Gasteiger partial charge in [-0.2, -0.15) is 5.10 Å². The lowest BCUT2D eigenvalue weighted by atomic mass is 10.3. The van der Waals surface area contributed by atoms with Gasteiger partial charge >= 0.3 is 0 Å². The number of hydrogen-bond acceptors (Lipinski definition) is 2. The lowest BCUT2D eigenvalue weighted by Crippen LogP contribution is -2.17. The number of hydrogen-bond donors (Lipinski definition) is 1. The van der Waals surface area contributed by atoms with Crippen LogP contribution in [0.4, 0.5) is 0 Å². The van der Waals surface area contributed by atoms with Gasteiger partial charge in [0.1, 0.15) is 0 Å². The molecule has 3 nitrogen and oxygen atoms in total. The van der Waals surface area contributed by atoms with E-state index in [1.165, 1.54) is 0 Å². The van der Waals surface area contributed by atoms with Crippen LogP contribution in [0.2, 0.25) is 5.02 Å². The summed E-state index contributed by atoms with van der Waals surface area (Å²) in [6.45, 7) is 3.69. The molecular weight excluding hydrogens is 265 g/mol. The van der Waals surface area contributed by atoms with Crippen LogP contribution < -0.4 is 5.32 Å². The summed E-state index contributed by atoms with van der Waals surface area (Å²) >= 11 is 9.48. The molecule has 0 unspecified atom stereocenters. The molecular formula is C9H15BrClN3. The summed E-state index contributed by atoms with van der Waals surface area (Å²) in [6.07, 6.45) is 1.12. The number of alkyl halides is 1. The van der Waals surface area contributed by atoms with Gasteiger partial charge < -0.3 is 5.32 Å². The molecule has 0 aliphatic heterocycles. The molecule has 1 rings (SSSR count). The third kappa shape index (κ3) is 2.97. The normalized spacial score (nSPS) is 10.9. The molecule has 0 saturated carbocycles. The minimum Gasteiger partial charge on any atom is -0.311 e. The summed E-state index contributed by atoms with van der Waals surface area (Å²) in [5, 5.41) is 9.37. The van der Waals surface area contributed by atoms with Crippen LogP contribution in [0.3, 0.4) is 0 Å². The molecule has 0 aliphatic carbocycles. The third-order valence-corrected chi connectivity index (χ3v) is 3.09. The molecule has 1 heterocycles. The number of rotatable bonds is 5. The maximum absolute atomic E-state index is 6.09. The Balaban J connectivity index is 2.49. The predicted molar refractivity (Wildman–Crippen MR) is 63.1 cm³/mol. The SMILES string of the molecule is Cc1nn(C)c(CNCCCBr)c1Cl. The van der Waals surface area contributed by atoms with Gasteiger partial charge in [0, 0.05) is 18.9 Å². The molecule has 0 fully saturated rings. The summed E-state index contributed by atoms with van der Waals surface area (Å²) in [5.74, 6) is 0. The second-order valence-corrected chi connectivity index (χ2v) is 4.36. The molecule has 0 amide bonds. The van der Waals surface area contributed by atoms with E-state index in [-0.39, 0.29) is 0 Å². The molecule has 1 N–H and O–H groups in total. The summed E-state index contributed by atoms with van der Waals surface area (Å²) in [5.41, 5.74) is 1.95. The largest absolute Gasteiger partial charge is 0.311 e. The fraction of sp³-hybridized carbons (Fsp3) is 0.667. The van der Waals surface area contributed by atoms with Crippen molar-refractivity contribution in [2.24, 2.45) is 7.05 Å². The van der Waals surface area contributed by atoms with Gasteiger partial charge in [0.25, 0.3) is 0 Å². The molecule has 0 aliphatic rings. The Morgan fingerprint density at radius 2 is 2.29 bits per heavy atom. The highest BCUT2D eigenvalue weighted by molar-refractivity contribution is 9.09. The van der Waals surface area contributed by atoms with Crippen molar-refractivity contribution in [3.8, 4) is 0 Å². The molecule has 0 bridgehead atoms. The van der Waals surface area contributed by atoms with Gasteiger partial charge in [-0.1, -0.05) is 27.5 Å². The zero-order chi connectivity index (χ0) is 10.6. The topological polar surface area (TPSA) is 29.9 Å². The Morgan fingerprint density at radius 3 is 2.79 bits per heavy atom. The molecule has 1 aromatic heterocycles. The van der Waals surface area contributed by atoms with E-state index in [2.05, 4.69) is 26.3 Å². The number of nitrogens with zero attached hydrogens (tertiary/aromatic N) is 2. The number of nitrogens with one attached hydrogen (secondary N) is 1. The average Bonchev–Trinajstić information content (AvgIpc) is 2.38. The molecule has 14 heavy (non-hydrogen) atoms. The minimum absolute atomic E-state index is 0.777. The quantitative estimate of drug-likeness (QED) is 0.662. The summed E-state index contributed by atoms with van der Waals surface area (Å²) in [7, 11) is 1.92. The molecule has 5 heteroatoms. The van der Waals surface area contributed by atoms with E-state index in [0.29, 0.717) is 0 Å². The first-order valence-corrected chi connectivity index (χ1v) is 6.11. The third-order valence-electron chi connectivity index (χ3n) is 2.04. The van der Waals surface area contributed by atoms with Crippen LogP contribution in [-0.4, -0.2) is 21.7 Å². The number of aromatic nitrogens is 2. The smallest absolute Gasteiger partial charge is 0.0860 e. The monoisotopic (exact) mass is 279 g/mol. The van der Waals surface area contributed by atoms with Crippen molar-refractivity contribution in [1.29, 1.82) is 0 Å². The van der Waals surface area contributed by atoms with Crippen molar-refractivity contribution in [2.45, 2.75) is 19.9 Å². The van der Waals surface area contributed by atoms with Crippen LogP contribution >= 0.6 is 27.5 Å². The van der Waals surface area contributed by atoms with E-state index in [4.69, 9.17) is 11.6 Å². The lowest BCUT2D eigenvalue weighted by Gasteiger charge is -2.04. The molecule has 0 saturated heterocycles. The highest BCUT2D eigenvalue weighted by Gasteiger charge is 2.09. The van der Waals surface area contributed by atoms with Gasteiger partial charge in [0.05, 0.1) is 16.4 Å². The second kappa shape index (κ2) is 5.73. The Kier molecular flexibility index (Phi) is 4.92. The van der Waals surface area contributed by atoms with E-state index < -0.39 is 0 Å². The molecule has 0 spiro atoms. The lowest BCUT2D eigenvalue weighted by molar-refractivity contribution is 0.621. The molecule has 1 aromatic rings. The predicted octanol–water partition coefficient (Wildman–Crippen LogP) is 2.26. The number of aryl methyl sites for hydroxylation is 2. The zero-order valence-electron chi connectivity index (χ0n) is 8.48. The van der Waals surface area contributed by atoms with Crippen molar-refractivity contribution < 1.29 is 0 Å². The van der Waals surface area contributed by atoms with E-state index >= 15 is 0 Å². The first-order chi connectivity index (χ1) is 6.66. The summed E-state index contributed by atoms with van der Waals surface area (Å²) < 4.78 is 1.83. The van der Waals surface area contributed by atoms with Crippen LogP contribution in [0.25, 0.3) is 0 Å². The van der Waals surface area contributed by atoms with Crippen LogP contribution in [-0.2, 0) is 13.6 Å².